The average molecular weight is 279 g/mol. The lowest BCUT2D eigenvalue weighted by Gasteiger charge is -2.05. The number of benzene rings is 1. The standard InChI is InChI=1S/C9H11BrO3S/c1-13-8-4-3-7(9(10)5-8)6-14(2,11)12/h3-5H,6H2,1-2H3. The minimum absolute atomic E-state index is 0.0393. The van der Waals surface area contributed by atoms with Gasteiger partial charge in [0.2, 0.25) is 0 Å². The van der Waals surface area contributed by atoms with Crippen LogP contribution < -0.4 is 4.74 Å². The molecule has 14 heavy (non-hydrogen) atoms. The summed E-state index contributed by atoms with van der Waals surface area (Å²) in [6.07, 6.45) is 1.21. The first-order valence-electron chi connectivity index (χ1n) is 3.92. The lowest BCUT2D eigenvalue weighted by Crippen LogP contribution is -2.01. The molecule has 0 fully saturated rings. The summed E-state index contributed by atoms with van der Waals surface area (Å²) < 4.78 is 27.9. The van der Waals surface area contributed by atoms with Gasteiger partial charge in [-0.25, -0.2) is 8.42 Å². The van der Waals surface area contributed by atoms with Crippen molar-refractivity contribution in [1.29, 1.82) is 0 Å². The first-order valence-corrected chi connectivity index (χ1v) is 6.78. The van der Waals surface area contributed by atoms with Crippen LogP contribution in [-0.2, 0) is 15.6 Å². The van der Waals surface area contributed by atoms with Gasteiger partial charge in [-0.15, -0.1) is 0 Å². The molecule has 0 amide bonds. The van der Waals surface area contributed by atoms with E-state index in [1.165, 1.54) is 6.26 Å². The van der Waals surface area contributed by atoms with Gasteiger partial charge in [0.05, 0.1) is 12.9 Å². The Labute approximate surface area is 92.1 Å². The third-order valence-corrected chi connectivity index (χ3v) is 3.25. The van der Waals surface area contributed by atoms with E-state index in [4.69, 9.17) is 4.74 Å². The lowest BCUT2D eigenvalue weighted by atomic mass is 10.2. The number of halogens is 1. The van der Waals surface area contributed by atoms with Gasteiger partial charge in [0.25, 0.3) is 0 Å². The van der Waals surface area contributed by atoms with E-state index in [9.17, 15) is 8.42 Å². The van der Waals surface area contributed by atoms with Crippen molar-refractivity contribution in [1.82, 2.24) is 0 Å². The van der Waals surface area contributed by atoms with E-state index in [1.807, 2.05) is 0 Å². The summed E-state index contributed by atoms with van der Waals surface area (Å²) in [5.74, 6) is 0.742. The van der Waals surface area contributed by atoms with Crippen molar-refractivity contribution in [2.24, 2.45) is 0 Å². The van der Waals surface area contributed by atoms with Crippen molar-refractivity contribution in [3.8, 4) is 5.75 Å². The van der Waals surface area contributed by atoms with Gasteiger partial charge in [-0.2, -0.15) is 0 Å². The molecule has 0 saturated carbocycles. The molecule has 0 N–H and O–H groups in total. The normalized spacial score (nSPS) is 11.4. The van der Waals surface area contributed by atoms with E-state index >= 15 is 0 Å². The van der Waals surface area contributed by atoms with Crippen molar-refractivity contribution in [2.75, 3.05) is 13.4 Å². The minimum atomic E-state index is -2.99. The fourth-order valence-corrected chi connectivity index (χ4v) is 2.55. The molecular weight excluding hydrogens is 268 g/mol. The van der Waals surface area contributed by atoms with Gasteiger partial charge in [0.1, 0.15) is 5.75 Å². The largest absolute Gasteiger partial charge is 0.497 e. The quantitative estimate of drug-likeness (QED) is 0.850. The Morgan fingerprint density at radius 2 is 2.07 bits per heavy atom. The first-order chi connectivity index (χ1) is 6.42. The van der Waals surface area contributed by atoms with Gasteiger partial charge in [0, 0.05) is 10.7 Å². The number of ether oxygens (including phenoxy) is 1. The van der Waals surface area contributed by atoms with Crippen LogP contribution in [0.1, 0.15) is 5.56 Å². The second-order valence-electron chi connectivity index (χ2n) is 3.03. The van der Waals surface area contributed by atoms with E-state index in [0.717, 1.165) is 10.0 Å². The molecule has 78 valence electrons. The van der Waals surface area contributed by atoms with Gasteiger partial charge >= 0.3 is 0 Å². The van der Waals surface area contributed by atoms with E-state index < -0.39 is 9.84 Å². The van der Waals surface area contributed by atoms with Crippen LogP contribution in [0.5, 0.6) is 5.75 Å². The van der Waals surface area contributed by atoms with Gasteiger partial charge in [-0.1, -0.05) is 22.0 Å². The molecule has 5 heteroatoms. The van der Waals surface area contributed by atoms with Gasteiger partial charge in [0.15, 0.2) is 9.84 Å². The predicted octanol–water partition coefficient (Wildman–Crippen LogP) is 2.00. The molecule has 1 aromatic rings. The highest BCUT2D eigenvalue weighted by atomic mass is 79.9. The molecule has 0 atom stereocenters. The van der Waals surface area contributed by atoms with E-state index in [1.54, 1.807) is 25.3 Å². The van der Waals surface area contributed by atoms with E-state index in [2.05, 4.69) is 15.9 Å². The number of rotatable bonds is 3. The van der Waals surface area contributed by atoms with Crippen LogP contribution in [0.2, 0.25) is 0 Å². The van der Waals surface area contributed by atoms with Crippen LogP contribution in [0.25, 0.3) is 0 Å². The molecule has 1 aromatic carbocycles. The molecule has 0 aromatic heterocycles. The maximum atomic E-state index is 11.1. The summed E-state index contributed by atoms with van der Waals surface area (Å²) in [6, 6.07) is 5.23. The Balaban J connectivity index is 3.01. The van der Waals surface area contributed by atoms with Crippen molar-refractivity contribution in [3.05, 3.63) is 28.2 Å². The third kappa shape index (κ3) is 3.31. The highest BCUT2D eigenvalue weighted by Crippen LogP contribution is 2.24. The molecule has 0 unspecified atom stereocenters. The summed E-state index contributed by atoms with van der Waals surface area (Å²) in [6.45, 7) is 0. The number of hydrogen-bond acceptors (Lipinski definition) is 3. The molecule has 0 radical (unpaired) electrons. The van der Waals surface area contributed by atoms with Gasteiger partial charge < -0.3 is 4.74 Å². The van der Waals surface area contributed by atoms with Crippen molar-refractivity contribution < 1.29 is 13.2 Å². The Kier molecular flexibility index (Phi) is 3.55. The molecular formula is C9H11BrO3S. The van der Waals surface area contributed by atoms with Crippen LogP contribution in [0, 0.1) is 0 Å². The summed E-state index contributed by atoms with van der Waals surface area (Å²) in [4.78, 5) is 0. The maximum absolute atomic E-state index is 11.1. The second kappa shape index (κ2) is 4.31. The Morgan fingerprint density at radius 1 is 1.43 bits per heavy atom. The maximum Gasteiger partial charge on any atom is 0.151 e. The fourth-order valence-electron chi connectivity index (χ4n) is 1.05. The van der Waals surface area contributed by atoms with E-state index in [0.29, 0.717) is 5.75 Å². The number of sulfone groups is 1. The monoisotopic (exact) mass is 278 g/mol. The number of hydrogen-bond donors (Lipinski definition) is 0. The molecule has 3 nitrogen and oxygen atoms in total. The zero-order valence-electron chi connectivity index (χ0n) is 7.95. The molecule has 0 aliphatic rings. The number of methoxy groups -OCH3 is 1. The SMILES string of the molecule is COc1ccc(CS(C)(=O)=O)c(Br)c1. The molecule has 1 rings (SSSR count). The Morgan fingerprint density at radius 3 is 2.50 bits per heavy atom. The highest BCUT2D eigenvalue weighted by molar-refractivity contribution is 9.10. The van der Waals surface area contributed by atoms with Gasteiger partial charge in [-0.05, 0) is 17.7 Å². The average Bonchev–Trinajstić information content (AvgIpc) is 2.06. The lowest BCUT2D eigenvalue weighted by molar-refractivity contribution is 0.414. The molecule has 0 spiro atoms. The third-order valence-electron chi connectivity index (χ3n) is 1.68. The predicted molar refractivity (Wildman–Crippen MR) is 59.2 cm³/mol. The molecule has 0 saturated heterocycles. The Hall–Kier alpha value is -0.550. The molecule has 0 bridgehead atoms. The first kappa shape index (κ1) is 11.5. The summed E-state index contributed by atoms with van der Waals surface area (Å²) in [7, 11) is -1.42. The zero-order valence-corrected chi connectivity index (χ0v) is 10.4. The minimum Gasteiger partial charge on any atom is -0.497 e. The van der Waals surface area contributed by atoms with Crippen LogP contribution in [-0.4, -0.2) is 21.8 Å². The zero-order chi connectivity index (χ0) is 10.8. The second-order valence-corrected chi connectivity index (χ2v) is 6.02. The summed E-state index contributed by atoms with van der Waals surface area (Å²) in [5, 5.41) is 0. The van der Waals surface area contributed by atoms with Crippen LogP contribution >= 0.6 is 15.9 Å². The Bertz CT molecular complexity index is 426. The molecule has 0 heterocycles. The van der Waals surface area contributed by atoms with Crippen molar-refractivity contribution in [2.45, 2.75) is 5.75 Å². The summed E-state index contributed by atoms with van der Waals surface area (Å²) >= 11 is 3.30. The highest BCUT2D eigenvalue weighted by Gasteiger charge is 2.08. The molecule has 0 aliphatic carbocycles. The van der Waals surface area contributed by atoms with E-state index in [-0.39, 0.29) is 5.75 Å². The van der Waals surface area contributed by atoms with Crippen LogP contribution in [0.4, 0.5) is 0 Å². The van der Waals surface area contributed by atoms with Gasteiger partial charge in [-0.3, -0.25) is 0 Å². The van der Waals surface area contributed by atoms with Crippen LogP contribution in [0.3, 0.4) is 0 Å². The van der Waals surface area contributed by atoms with Crippen molar-refractivity contribution >= 4 is 25.8 Å². The summed E-state index contributed by atoms with van der Waals surface area (Å²) in [5.41, 5.74) is 0.744. The van der Waals surface area contributed by atoms with Crippen molar-refractivity contribution in [3.63, 3.8) is 0 Å². The topological polar surface area (TPSA) is 43.4 Å². The molecule has 0 aliphatic heterocycles. The fraction of sp³-hybridized carbons (Fsp3) is 0.333. The van der Waals surface area contributed by atoms with Crippen LogP contribution in [0.15, 0.2) is 22.7 Å². The smallest absolute Gasteiger partial charge is 0.151 e.